The van der Waals surface area contributed by atoms with Crippen LogP contribution in [0.3, 0.4) is 0 Å². The van der Waals surface area contributed by atoms with Crippen molar-refractivity contribution in [1.82, 2.24) is 10.2 Å². The highest BCUT2D eigenvalue weighted by Gasteiger charge is 2.18. The van der Waals surface area contributed by atoms with Crippen LogP contribution in [0.4, 0.5) is 0 Å². The summed E-state index contributed by atoms with van der Waals surface area (Å²) in [5, 5.41) is 7.27. The summed E-state index contributed by atoms with van der Waals surface area (Å²) < 4.78 is 11.2. The molecule has 1 N–H and O–H groups in total. The van der Waals surface area contributed by atoms with E-state index in [0.717, 1.165) is 30.2 Å². The van der Waals surface area contributed by atoms with E-state index in [1.54, 1.807) is 22.7 Å². The molecule has 0 bridgehead atoms. The average Bonchev–Trinajstić information content (AvgIpc) is 3.41. The molecule has 0 radical (unpaired) electrons. The van der Waals surface area contributed by atoms with Gasteiger partial charge in [-0.3, -0.25) is 9.69 Å². The van der Waals surface area contributed by atoms with Crippen LogP contribution >= 0.6 is 22.7 Å². The van der Waals surface area contributed by atoms with E-state index in [0.29, 0.717) is 19.8 Å². The van der Waals surface area contributed by atoms with E-state index in [1.807, 2.05) is 37.3 Å². The van der Waals surface area contributed by atoms with Crippen LogP contribution in [0.5, 0.6) is 11.5 Å². The van der Waals surface area contributed by atoms with Crippen LogP contribution in [-0.4, -0.2) is 30.6 Å². The fraction of sp³-hybridized carbons (Fsp3) is 0.318. The molecule has 0 spiro atoms. The van der Waals surface area contributed by atoms with Gasteiger partial charge in [-0.15, -0.1) is 22.7 Å². The molecule has 0 unspecified atom stereocenters. The second kappa shape index (κ2) is 9.43. The molecule has 0 fully saturated rings. The Morgan fingerprint density at radius 2 is 1.69 bits per heavy atom. The number of nitrogens with zero attached hydrogens (tertiary/aromatic N) is 1. The van der Waals surface area contributed by atoms with Crippen molar-refractivity contribution < 1.29 is 14.3 Å². The largest absolute Gasteiger partial charge is 0.486 e. The third-order valence-corrected chi connectivity index (χ3v) is 6.45. The van der Waals surface area contributed by atoms with Gasteiger partial charge in [0, 0.05) is 22.8 Å². The molecule has 4 rings (SSSR count). The minimum atomic E-state index is -0.108. The number of thiophene rings is 2. The first kappa shape index (κ1) is 19.9. The Kier molecular flexibility index (Phi) is 6.49. The number of nitrogens with one attached hydrogen (secondary N) is 1. The van der Waals surface area contributed by atoms with E-state index in [9.17, 15) is 4.79 Å². The monoisotopic (exact) mass is 428 g/mol. The zero-order chi connectivity index (χ0) is 20.1. The SMILES string of the molecule is C[C@@H](NC(=O)CN(Cc1cccs1)Cc1cccs1)c1ccc2c(c1)OCCO2. The summed E-state index contributed by atoms with van der Waals surface area (Å²) in [6.45, 7) is 5.00. The molecule has 29 heavy (non-hydrogen) atoms. The Bertz CT molecular complexity index is 889. The molecule has 3 aromatic rings. The number of amides is 1. The molecule has 7 heteroatoms. The summed E-state index contributed by atoms with van der Waals surface area (Å²) >= 11 is 3.44. The summed E-state index contributed by atoms with van der Waals surface area (Å²) in [4.78, 5) is 17.5. The Morgan fingerprint density at radius 1 is 1.03 bits per heavy atom. The van der Waals surface area contributed by atoms with E-state index in [2.05, 4.69) is 33.1 Å². The quantitative estimate of drug-likeness (QED) is 0.576. The third-order valence-electron chi connectivity index (χ3n) is 4.73. The van der Waals surface area contributed by atoms with Crippen molar-refractivity contribution in [1.29, 1.82) is 0 Å². The van der Waals surface area contributed by atoms with Crippen molar-refractivity contribution in [3.63, 3.8) is 0 Å². The molecule has 0 saturated carbocycles. The maximum atomic E-state index is 12.8. The lowest BCUT2D eigenvalue weighted by Crippen LogP contribution is -2.37. The lowest BCUT2D eigenvalue weighted by molar-refractivity contribution is -0.123. The third kappa shape index (κ3) is 5.38. The van der Waals surface area contributed by atoms with Crippen molar-refractivity contribution in [3.8, 4) is 11.5 Å². The first-order valence-electron chi connectivity index (χ1n) is 9.63. The second-order valence-corrected chi connectivity index (χ2v) is 9.06. The molecular weight excluding hydrogens is 404 g/mol. The molecule has 3 heterocycles. The number of carbonyl (C=O) groups excluding carboxylic acids is 1. The van der Waals surface area contributed by atoms with Crippen LogP contribution in [-0.2, 0) is 17.9 Å². The van der Waals surface area contributed by atoms with Crippen LogP contribution in [0.25, 0.3) is 0 Å². The van der Waals surface area contributed by atoms with E-state index >= 15 is 0 Å². The van der Waals surface area contributed by atoms with Crippen LogP contribution < -0.4 is 14.8 Å². The van der Waals surface area contributed by atoms with Gasteiger partial charge in [-0.05, 0) is 47.5 Å². The van der Waals surface area contributed by atoms with Gasteiger partial charge in [0.25, 0.3) is 0 Å². The van der Waals surface area contributed by atoms with Crippen LogP contribution in [0.15, 0.2) is 53.2 Å². The second-order valence-electron chi connectivity index (χ2n) is 7.00. The molecule has 0 saturated heterocycles. The molecule has 2 aromatic heterocycles. The van der Waals surface area contributed by atoms with Gasteiger partial charge >= 0.3 is 0 Å². The fourth-order valence-corrected chi connectivity index (χ4v) is 4.81. The highest BCUT2D eigenvalue weighted by Crippen LogP contribution is 2.32. The van der Waals surface area contributed by atoms with Crippen molar-refractivity contribution in [2.75, 3.05) is 19.8 Å². The molecule has 5 nitrogen and oxygen atoms in total. The predicted molar refractivity (Wildman–Crippen MR) is 117 cm³/mol. The summed E-state index contributed by atoms with van der Waals surface area (Å²) in [5.74, 6) is 1.52. The minimum Gasteiger partial charge on any atom is -0.486 e. The van der Waals surface area contributed by atoms with Gasteiger partial charge < -0.3 is 14.8 Å². The van der Waals surface area contributed by atoms with Crippen molar-refractivity contribution in [2.24, 2.45) is 0 Å². The van der Waals surface area contributed by atoms with Crippen LogP contribution in [0.2, 0.25) is 0 Å². The molecule has 1 atom stereocenters. The van der Waals surface area contributed by atoms with Crippen LogP contribution in [0.1, 0.15) is 28.3 Å². The average molecular weight is 429 g/mol. The van der Waals surface area contributed by atoms with Crippen molar-refractivity contribution in [2.45, 2.75) is 26.1 Å². The lowest BCUT2D eigenvalue weighted by Gasteiger charge is -2.23. The molecule has 1 aliphatic heterocycles. The highest BCUT2D eigenvalue weighted by molar-refractivity contribution is 7.10. The molecular formula is C22H24N2O3S2. The van der Waals surface area contributed by atoms with Gasteiger partial charge in [-0.2, -0.15) is 0 Å². The Balaban J connectivity index is 1.39. The maximum absolute atomic E-state index is 12.8. The zero-order valence-electron chi connectivity index (χ0n) is 16.3. The van der Waals surface area contributed by atoms with Gasteiger partial charge in [0.1, 0.15) is 13.2 Å². The van der Waals surface area contributed by atoms with E-state index in [1.165, 1.54) is 9.75 Å². The van der Waals surface area contributed by atoms with Crippen LogP contribution in [0, 0.1) is 0 Å². The van der Waals surface area contributed by atoms with Crippen molar-refractivity contribution >= 4 is 28.6 Å². The summed E-state index contributed by atoms with van der Waals surface area (Å²) in [6, 6.07) is 14.1. The predicted octanol–water partition coefficient (Wildman–Crippen LogP) is 4.46. The topological polar surface area (TPSA) is 50.8 Å². The highest BCUT2D eigenvalue weighted by atomic mass is 32.1. The Morgan fingerprint density at radius 3 is 2.31 bits per heavy atom. The van der Waals surface area contributed by atoms with E-state index in [-0.39, 0.29) is 11.9 Å². The number of fused-ring (bicyclic) bond motifs is 1. The summed E-state index contributed by atoms with van der Waals surface area (Å²) in [5.41, 5.74) is 1.01. The number of hydrogen-bond donors (Lipinski definition) is 1. The van der Waals surface area contributed by atoms with Crippen molar-refractivity contribution in [3.05, 3.63) is 68.5 Å². The standard InChI is InChI=1S/C22H24N2O3S2/c1-16(17-6-7-20-21(12-17)27-9-8-26-20)23-22(25)15-24(13-18-4-2-10-28-18)14-19-5-3-11-29-19/h2-7,10-12,16H,8-9,13-15H2,1H3,(H,23,25)/t16-/m1/s1. The zero-order valence-corrected chi connectivity index (χ0v) is 17.9. The minimum absolute atomic E-state index is 0.0144. The lowest BCUT2D eigenvalue weighted by atomic mass is 10.1. The number of carbonyl (C=O) groups is 1. The molecule has 1 aromatic carbocycles. The smallest absolute Gasteiger partial charge is 0.234 e. The van der Waals surface area contributed by atoms with Gasteiger partial charge in [-0.25, -0.2) is 0 Å². The van der Waals surface area contributed by atoms with Gasteiger partial charge in [-0.1, -0.05) is 18.2 Å². The van der Waals surface area contributed by atoms with Gasteiger partial charge in [0.2, 0.25) is 5.91 Å². The normalized spacial score (nSPS) is 14.0. The first-order valence-corrected chi connectivity index (χ1v) is 11.4. The maximum Gasteiger partial charge on any atom is 0.234 e. The Hall–Kier alpha value is -2.35. The number of ether oxygens (including phenoxy) is 2. The molecule has 1 aliphatic rings. The van der Waals surface area contributed by atoms with E-state index in [4.69, 9.17) is 9.47 Å². The Labute approximate surface area is 178 Å². The molecule has 1 amide bonds. The molecule has 0 aliphatic carbocycles. The van der Waals surface area contributed by atoms with Gasteiger partial charge in [0.05, 0.1) is 12.6 Å². The fourth-order valence-electron chi connectivity index (χ4n) is 3.32. The number of benzene rings is 1. The van der Waals surface area contributed by atoms with E-state index < -0.39 is 0 Å². The number of hydrogen-bond acceptors (Lipinski definition) is 6. The first-order chi connectivity index (χ1) is 14.2. The summed E-state index contributed by atoms with van der Waals surface area (Å²) in [7, 11) is 0. The summed E-state index contributed by atoms with van der Waals surface area (Å²) in [6.07, 6.45) is 0. The van der Waals surface area contributed by atoms with Gasteiger partial charge in [0.15, 0.2) is 11.5 Å². The number of rotatable bonds is 8. The molecule has 152 valence electrons.